The summed E-state index contributed by atoms with van der Waals surface area (Å²) in [6.45, 7) is 49.2. The van der Waals surface area contributed by atoms with E-state index >= 15 is 0 Å². The van der Waals surface area contributed by atoms with E-state index in [1.165, 1.54) is 12.1 Å². The Kier molecular flexibility index (Phi) is 28.2. The summed E-state index contributed by atoms with van der Waals surface area (Å²) >= 11 is 0. The van der Waals surface area contributed by atoms with Crippen molar-refractivity contribution >= 4 is 45.0 Å². The second-order valence-corrected chi connectivity index (χ2v) is 35.3. The molecule has 1 heterocycles. The summed E-state index contributed by atoms with van der Waals surface area (Å²) in [5.41, 5.74) is 11.6. The van der Waals surface area contributed by atoms with Crippen molar-refractivity contribution in [2.75, 3.05) is 0 Å². The van der Waals surface area contributed by atoms with Crippen molar-refractivity contribution < 1.29 is 73.0 Å². The largest absolute Gasteiger partial charge is 0.507 e. The van der Waals surface area contributed by atoms with Crippen molar-refractivity contribution in [3.05, 3.63) is 164 Å². The fourth-order valence-corrected chi connectivity index (χ4v) is 11.3. The number of aromatic amines is 1. The lowest BCUT2D eigenvalue weighted by Crippen LogP contribution is -2.18. The monoisotopic (exact) mass is 1390 g/mol. The molecule has 1 aromatic heterocycles. The number of aliphatic carboxylic acids is 4. The minimum atomic E-state index is -4.20. The average molecular weight is 1390 g/mol. The van der Waals surface area contributed by atoms with Gasteiger partial charge in [0.05, 0.1) is 15.9 Å². The molecule has 7 aromatic rings. The van der Waals surface area contributed by atoms with E-state index in [4.69, 9.17) is 25.0 Å². The maximum atomic E-state index is 11.1. The third kappa shape index (κ3) is 26.1. The Labute approximate surface area is 589 Å². The number of nitrogens with zero attached hydrogens (tertiary/aromatic N) is 1. The number of rotatable bonds is 14. The molecule has 0 bridgehead atoms. The number of benzene rings is 6. The number of aromatic nitrogens is 2. The van der Waals surface area contributed by atoms with Gasteiger partial charge in [-0.3, -0.25) is 23.7 Å². The molecule has 18 heteroatoms. The summed E-state index contributed by atoms with van der Waals surface area (Å²) in [6.07, 6.45) is 2.39. The Morgan fingerprint density at radius 1 is 0.354 bits per heavy atom. The van der Waals surface area contributed by atoms with Crippen LogP contribution in [0, 0.1) is 0 Å². The second kappa shape index (κ2) is 32.8. The number of nitrogens with one attached hydrogen (secondary N) is 1. The quantitative estimate of drug-likeness (QED) is 0.0453. The standard InChI is InChI=1S/4C17H26O3.C13H10N2O3S/c4*1-16(2,3)12-9-11(7-8-14(18)19)10-13(15(12)20)17(4,5)6;16-19(17,18)10-6-7-11-12(8-10)15-13(14-11)9-4-2-1-3-5-9/h4*9-10,20H,7-8H2,1-6H3,(H,18,19);1-8H,(H,14,15)(H,16,17,18). The van der Waals surface area contributed by atoms with Crippen LogP contribution in [0.3, 0.4) is 0 Å². The first kappa shape index (κ1) is 85.0. The molecule has 0 saturated carbocycles. The second-order valence-electron chi connectivity index (χ2n) is 33.8. The third-order valence-electron chi connectivity index (χ3n) is 16.5. The molecule has 0 amide bonds. The van der Waals surface area contributed by atoms with E-state index in [0.717, 1.165) is 72.3 Å². The average Bonchev–Trinajstić information content (AvgIpc) is 1.76. The number of H-pyrrole nitrogens is 1. The summed E-state index contributed by atoms with van der Waals surface area (Å²) < 4.78 is 31.2. The maximum Gasteiger partial charge on any atom is 0.303 e. The molecule has 17 nitrogen and oxygen atoms in total. The van der Waals surface area contributed by atoms with Crippen molar-refractivity contribution in [1.29, 1.82) is 0 Å². The van der Waals surface area contributed by atoms with Gasteiger partial charge >= 0.3 is 23.9 Å². The number of hydrogen-bond acceptors (Lipinski definition) is 11. The van der Waals surface area contributed by atoms with Gasteiger partial charge in [-0.2, -0.15) is 8.42 Å². The van der Waals surface area contributed by atoms with E-state index in [2.05, 4.69) is 176 Å². The van der Waals surface area contributed by atoms with Gasteiger partial charge in [0, 0.05) is 31.2 Å². The minimum absolute atomic E-state index is 0.109. The summed E-state index contributed by atoms with van der Waals surface area (Å²) in [4.78, 5) is 50.3. The van der Waals surface area contributed by atoms with Gasteiger partial charge in [-0.05, 0) is 154 Å². The van der Waals surface area contributed by atoms with Crippen LogP contribution in [0.2, 0.25) is 0 Å². The van der Waals surface area contributed by atoms with E-state index in [9.17, 15) is 48.0 Å². The molecular weight excluding hydrogens is 1270 g/mol. The molecule has 0 radical (unpaired) electrons. The van der Waals surface area contributed by atoms with Crippen molar-refractivity contribution in [1.82, 2.24) is 9.97 Å². The van der Waals surface area contributed by atoms with E-state index < -0.39 is 34.0 Å². The first-order chi connectivity index (χ1) is 44.7. The SMILES string of the molecule is CC(C)(C)c1cc(CCC(=O)O)cc(C(C)(C)C)c1O.CC(C)(C)c1cc(CCC(=O)O)cc(C(C)(C)C)c1O.CC(C)(C)c1cc(CCC(=O)O)cc(C(C)(C)C)c1O.CC(C)(C)c1cc(CCC(=O)O)cc(C(C)(C)C)c1O.O=S(=O)(O)c1ccc2nc(-c3ccccc3)[nH]c2c1. The van der Waals surface area contributed by atoms with Crippen LogP contribution in [-0.4, -0.2) is 87.7 Å². The van der Waals surface area contributed by atoms with Gasteiger partial charge in [-0.25, -0.2) is 4.98 Å². The number of carboxylic acid groups (broad SMARTS) is 4. The summed E-state index contributed by atoms with van der Waals surface area (Å²) in [6, 6.07) is 29.3. The lowest BCUT2D eigenvalue weighted by Gasteiger charge is -2.28. The Balaban J connectivity index is 0.000000322. The predicted octanol–water partition coefficient (Wildman–Crippen LogP) is 18.5. The van der Waals surface area contributed by atoms with E-state index in [1.807, 2.05) is 78.9 Å². The lowest BCUT2D eigenvalue weighted by molar-refractivity contribution is -0.138. The molecule has 6 aromatic carbocycles. The van der Waals surface area contributed by atoms with Crippen LogP contribution in [0.15, 0.2) is 102 Å². The van der Waals surface area contributed by atoms with Crippen molar-refractivity contribution in [3.8, 4) is 34.4 Å². The van der Waals surface area contributed by atoms with Gasteiger partial charge in [0.1, 0.15) is 28.8 Å². The number of aryl methyl sites for hydroxylation is 4. The number of carbonyl (C=O) groups is 4. The number of aromatic hydroxyl groups is 4. The highest BCUT2D eigenvalue weighted by Gasteiger charge is 2.31. The summed E-state index contributed by atoms with van der Waals surface area (Å²) in [7, 11) is -4.20. The topological polar surface area (TPSA) is 313 Å². The Hall–Kier alpha value is -8.22. The zero-order valence-electron chi connectivity index (χ0n) is 63.2. The lowest BCUT2D eigenvalue weighted by atomic mass is 9.78. The van der Waals surface area contributed by atoms with E-state index in [0.29, 0.717) is 65.5 Å². The Morgan fingerprint density at radius 2 is 0.576 bits per heavy atom. The molecule has 0 aliphatic rings. The molecule has 0 unspecified atom stereocenters. The fraction of sp³-hybridized carbons (Fsp3) is 0.494. The number of hydrogen-bond donors (Lipinski definition) is 10. The molecule has 10 N–H and O–H groups in total. The van der Waals surface area contributed by atoms with Crippen molar-refractivity contribution in [2.24, 2.45) is 0 Å². The molecule has 0 aliphatic carbocycles. The summed E-state index contributed by atoms with van der Waals surface area (Å²) in [5.74, 6) is -1.19. The van der Waals surface area contributed by atoms with Gasteiger partial charge in [0.25, 0.3) is 10.1 Å². The molecule has 0 atom stereocenters. The van der Waals surface area contributed by atoms with E-state index in [-0.39, 0.29) is 73.9 Å². The molecule has 99 heavy (non-hydrogen) atoms. The number of phenols is 4. The van der Waals surface area contributed by atoms with Crippen LogP contribution in [0.1, 0.15) is 259 Å². The first-order valence-corrected chi connectivity index (χ1v) is 35.1. The van der Waals surface area contributed by atoms with Crippen molar-refractivity contribution in [3.63, 3.8) is 0 Å². The highest BCUT2D eigenvalue weighted by atomic mass is 32.2. The van der Waals surface area contributed by atoms with Crippen LogP contribution in [0.5, 0.6) is 23.0 Å². The van der Waals surface area contributed by atoms with Gasteiger partial charge in [0.2, 0.25) is 0 Å². The molecule has 7 rings (SSSR count). The number of phenolic OH excluding ortho intramolecular Hbond substituents is 4. The van der Waals surface area contributed by atoms with Crippen LogP contribution in [-0.2, 0) is 98.3 Å². The maximum absolute atomic E-state index is 11.1. The normalized spacial score (nSPS) is 12.4. The van der Waals surface area contributed by atoms with Crippen LogP contribution in [0.4, 0.5) is 0 Å². The number of imidazole rings is 1. The van der Waals surface area contributed by atoms with E-state index in [1.54, 1.807) is 6.07 Å². The molecule has 0 saturated heterocycles. The van der Waals surface area contributed by atoms with Crippen molar-refractivity contribution in [2.45, 2.75) is 266 Å². The Bertz CT molecular complexity index is 3540. The molecular formula is C81H114N2O15S. The van der Waals surface area contributed by atoms with Gasteiger partial charge < -0.3 is 45.8 Å². The zero-order chi connectivity index (χ0) is 76.3. The number of fused-ring (bicyclic) bond motifs is 1. The Morgan fingerprint density at radius 3 is 0.768 bits per heavy atom. The predicted molar refractivity (Wildman–Crippen MR) is 397 cm³/mol. The number of carboxylic acids is 4. The smallest absolute Gasteiger partial charge is 0.303 e. The molecule has 0 fully saturated rings. The highest BCUT2D eigenvalue weighted by Crippen LogP contribution is 2.44. The van der Waals surface area contributed by atoms with Crippen LogP contribution in [0.25, 0.3) is 22.4 Å². The zero-order valence-corrected chi connectivity index (χ0v) is 64.0. The summed E-state index contributed by atoms with van der Waals surface area (Å²) in [5, 5.41) is 77.5. The van der Waals surface area contributed by atoms with Crippen LogP contribution < -0.4 is 0 Å². The third-order valence-corrected chi connectivity index (χ3v) is 17.3. The molecule has 0 spiro atoms. The minimum Gasteiger partial charge on any atom is -0.507 e. The van der Waals surface area contributed by atoms with Gasteiger partial charge in [-0.1, -0.05) is 245 Å². The fourth-order valence-electron chi connectivity index (χ4n) is 10.8. The van der Waals surface area contributed by atoms with Gasteiger partial charge in [-0.15, -0.1) is 0 Å². The molecule has 0 aliphatic heterocycles. The van der Waals surface area contributed by atoms with Crippen LogP contribution >= 0.6 is 0 Å². The first-order valence-electron chi connectivity index (χ1n) is 33.6. The van der Waals surface area contributed by atoms with Gasteiger partial charge in [0.15, 0.2) is 0 Å². The highest BCUT2D eigenvalue weighted by molar-refractivity contribution is 7.85. The molecule has 544 valence electrons.